The molecule has 4 heteroatoms. The summed E-state index contributed by atoms with van der Waals surface area (Å²) in [5, 5.41) is 22.0. The van der Waals surface area contributed by atoms with Crippen LogP contribution in [0.2, 0.25) is 0 Å². The number of hydrogen-bond donors (Lipinski definition) is 2. The fraction of sp³-hybridized carbons (Fsp3) is 0.333. The molecule has 0 saturated heterocycles. The Morgan fingerprint density at radius 2 is 2.23 bits per heavy atom. The van der Waals surface area contributed by atoms with Crippen molar-refractivity contribution in [3.8, 4) is 6.07 Å². The number of pyridine rings is 1. The smallest absolute Gasteiger partial charge is 0.0991 e. The Hall–Kier alpha value is -2.22. The Labute approximate surface area is 130 Å². The summed E-state index contributed by atoms with van der Waals surface area (Å²) in [6.45, 7) is 0.619. The number of nitriles is 1. The van der Waals surface area contributed by atoms with Crippen LogP contribution in [0.1, 0.15) is 46.8 Å². The molecule has 1 heterocycles. The molecule has 2 aromatic rings. The number of rotatable bonds is 4. The maximum atomic E-state index is 9.48. The maximum absolute atomic E-state index is 9.48. The molecule has 0 saturated carbocycles. The molecular weight excluding hydrogens is 274 g/mol. The molecule has 0 radical (unpaired) electrons. The van der Waals surface area contributed by atoms with Gasteiger partial charge in [-0.3, -0.25) is 4.98 Å². The summed E-state index contributed by atoms with van der Waals surface area (Å²) in [4.78, 5) is 4.53. The number of aryl methyl sites for hydroxylation is 1. The highest BCUT2D eigenvalue weighted by Crippen LogP contribution is 2.28. The second-order valence-electron chi connectivity index (χ2n) is 5.63. The molecule has 22 heavy (non-hydrogen) atoms. The molecule has 0 amide bonds. The number of fused-ring (bicyclic) bond motifs is 1. The second kappa shape index (κ2) is 6.69. The van der Waals surface area contributed by atoms with Crippen LogP contribution in [0.4, 0.5) is 0 Å². The minimum atomic E-state index is -0.0496. The molecule has 1 unspecified atom stereocenters. The maximum Gasteiger partial charge on any atom is 0.0991 e. The lowest BCUT2D eigenvalue weighted by molar-refractivity contribution is 0.280. The zero-order chi connectivity index (χ0) is 15.4. The van der Waals surface area contributed by atoms with Crippen LogP contribution in [0, 0.1) is 11.3 Å². The van der Waals surface area contributed by atoms with Crippen LogP contribution in [0.15, 0.2) is 36.5 Å². The van der Waals surface area contributed by atoms with Gasteiger partial charge in [-0.05, 0) is 54.2 Å². The molecule has 2 N–H and O–H groups in total. The predicted molar refractivity (Wildman–Crippen MR) is 83.8 cm³/mol. The van der Waals surface area contributed by atoms with E-state index in [0.29, 0.717) is 12.1 Å². The molecule has 0 aliphatic heterocycles. The lowest BCUT2D eigenvalue weighted by Gasteiger charge is -2.25. The van der Waals surface area contributed by atoms with Crippen molar-refractivity contribution in [1.82, 2.24) is 10.3 Å². The van der Waals surface area contributed by atoms with E-state index in [9.17, 15) is 5.11 Å². The Morgan fingerprint density at radius 3 is 3.05 bits per heavy atom. The molecule has 0 fully saturated rings. The second-order valence-corrected chi connectivity index (χ2v) is 5.63. The van der Waals surface area contributed by atoms with E-state index in [4.69, 9.17) is 5.26 Å². The number of aromatic nitrogens is 1. The van der Waals surface area contributed by atoms with Gasteiger partial charge in [0.2, 0.25) is 0 Å². The molecule has 1 aliphatic carbocycles. The number of benzene rings is 1. The first-order valence-corrected chi connectivity index (χ1v) is 7.61. The van der Waals surface area contributed by atoms with Crippen LogP contribution in [0.5, 0.6) is 0 Å². The van der Waals surface area contributed by atoms with E-state index in [2.05, 4.69) is 22.4 Å². The van der Waals surface area contributed by atoms with Crippen LogP contribution >= 0.6 is 0 Å². The zero-order valence-corrected chi connectivity index (χ0v) is 12.4. The minimum Gasteiger partial charge on any atom is -0.392 e. The van der Waals surface area contributed by atoms with E-state index in [1.807, 2.05) is 18.3 Å². The van der Waals surface area contributed by atoms with Crippen LogP contribution in [0.3, 0.4) is 0 Å². The molecule has 3 rings (SSSR count). The van der Waals surface area contributed by atoms with Gasteiger partial charge in [0.1, 0.15) is 0 Å². The average molecular weight is 293 g/mol. The largest absolute Gasteiger partial charge is 0.392 e. The van der Waals surface area contributed by atoms with Crippen LogP contribution in [-0.4, -0.2) is 10.1 Å². The number of nitrogens with zero attached hydrogens (tertiary/aromatic N) is 2. The molecule has 1 aliphatic rings. The summed E-state index contributed by atoms with van der Waals surface area (Å²) in [6.07, 6.45) is 5.19. The Balaban J connectivity index is 1.75. The first-order valence-electron chi connectivity index (χ1n) is 7.61. The van der Waals surface area contributed by atoms with Crippen molar-refractivity contribution in [3.05, 3.63) is 64.5 Å². The SMILES string of the molecule is N#Cc1ccc(CNC2CCCc3cccnc32)c(CO)c1. The van der Waals surface area contributed by atoms with Crippen LogP contribution < -0.4 is 5.32 Å². The van der Waals surface area contributed by atoms with Gasteiger partial charge in [0.05, 0.1) is 30.0 Å². The number of aliphatic hydroxyl groups excluding tert-OH is 1. The van der Waals surface area contributed by atoms with Gasteiger partial charge in [0.25, 0.3) is 0 Å². The number of hydrogen-bond acceptors (Lipinski definition) is 4. The summed E-state index contributed by atoms with van der Waals surface area (Å²) in [6, 6.07) is 12.0. The first kappa shape index (κ1) is 14.7. The third-order valence-electron chi connectivity index (χ3n) is 4.24. The van der Waals surface area contributed by atoms with Crippen LogP contribution in [0.25, 0.3) is 0 Å². The van der Waals surface area contributed by atoms with E-state index in [1.165, 1.54) is 5.56 Å². The molecule has 1 aromatic carbocycles. The number of aliphatic hydroxyl groups is 1. The summed E-state index contributed by atoms with van der Waals surface area (Å²) in [5.74, 6) is 0. The van der Waals surface area contributed by atoms with E-state index < -0.39 is 0 Å². The third kappa shape index (κ3) is 3.01. The minimum absolute atomic E-state index is 0.0496. The van der Waals surface area contributed by atoms with Gasteiger partial charge in [0, 0.05) is 12.7 Å². The van der Waals surface area contributed by atoms with E-state index >= 15 is 0 Å². The predicted octanol–water partition coefficient (Wildman–Crippen LogP) is 2.61. The molecular formula is C18H19N3O. The van der Waals surface area contributed by atoms with Crippen molar-refractivity contribution in [1.29, 1.82) is 5.26 Å². The first-order chi connectivity index (χ1) is 10.8. The normalized spacial score (nSPS) is 16.8. The standard InChI is InChI=1S/C18H19N3O/c19-10-13-6-7-15(16(9-13)12-22)11-21-17-5-1-3-14-4-2-8-20-18(14)17/h2,4,6-9,17,21-22H,1,3,5,11-12H2. The summed E-state index contributed by atoms with van der Waals surface area (Å²) >= 11 is 0. The highest BCUT2D eigenvalue weighted by atomic mass is 16.3. The van der Waals surface area contributed by atoms with E-state index in [-0.39, 0.29) is 12.6 Å². The van der Waals surface area contributed by atoms with Gasteiger partial charge in [-0.15, -0.1) is 0 Å². The fourth-order valence-corrected chi connectivity index (χ4v) is 3.06. The van der Waals surface area contributed by atoms with Crippen LogP contribution in [-0.2, 0) is 19.6 Å². The van der Waals surface area contributed by atoms with Crippen molar-refractivity contribution in [2.24, 2.45) is 0 Å². The third-order valence-corrected chi connectivity index (χ3v) is 4.24. The molecule has 0 spiro atoms. The van der Waals surface area contributed by atoms with Gasteiger partial charge in [-0.1, -0.05) is 12.1 Å². The van der Waals surface area contributed by atoms with E-state index in [0.717, 1.165) is 36.1 Å². The van der Waals surface area contributed by atoms with Gasteiger partial charge in [0.15, 0.2) is 0 Å². The summed E-state index contributed by atoms with van der Waals surface area (Å²) in [7, 11) is 0. The highest BCUT2D eigenvalue weighted by molar-refractivity contribution is 5.38. The lowest BCUT2D eigenvalue weighted by Crippen LogP contribution is -2.26. The van der Waals surface area contributed by atoms with Gasteiger partial charge >= 0.3 is 0 Å². The Bertz CT molecular complexity index is 706. The quantitative estimate of drug-likeness (QED) is 0.909. The topological polar surface area (TPSA) is 68.9 Å². The average Bonchev–Trinajstić information content (AvgIpc) is 2.59. The van der Waals surface area contributed by atoms with Gasteiger partial charge in [-0.2, -0.15) is 5.26 Å². The summed E-state index contributed by atoms with van der Waals surface area (Å²) < 4.78 is 0. The Morgan fingerprint density at radius 1 is 1.32 bits per heavy atom. The van der Waals surface area contributed by atoms with Crippen molar-refractivity contribution in [3.63, 3.8) is 0 Å². The number of nitrogens with one attached hydrogen (secondary N) is 1. The van der Waals surface area contributed by atoms with Crippen molar-refractivity contribution >= 4 is 0 Å². The fourth-order valence-electron chi connectivity index (χ4n) is 3.06. The van der Waals surface area contributed by atoms with Crippen molar-refractivity contribution in [2.45, 2.75) is 38.5 Å². The highest BCUT2D eigenvalue weighted by Gasteiger charge is 2.20. The molecule has 1 atom stereocenters. The van der Waals surface area contributed by atoms with Gasteiger partial charge < -0.3 is 10.4 Å². The van der Waals surface area contributed by atoms with Gasteiger partial charge in [-0.25, -0.2) is 0 Å². The molecule has 1 aromatic heterocycles. The van der Waals surface area contributed by atoms with Crippen molar-refractivity contribution in [2.75, 3.05) is 0 Å². The van der Waals surface area contributed by atoms with Crippen molar-refractivity contribution < 1.29 is 5.11 Å². The summed E-state index contributed by atoms with van der Waals surface area (Å²) in [5.41, 5.74) is 4.90. The molecule has 112 valence electrons. The molecule has 0 bridgehead atoms. The molecule has 4 nitrogen and oxygen atoms in total. The lowest BCUT2D eigenvalue weighted by atomic mass is 9.91. The monoisotopic (exact) mass is 293 g/mol. The Kier molecular flexibility index (Phi) is 4.47. The zero-order valence-electron chi connectivity index (χ0n) is 12.4. The van der Waals surface area contributed by atoms with E-state index in [1.54, 1.807) is 12.1 Å².